The molecule has 2 rings (SSSR count). The van der Waals surface area contributed by atoms with Crippen molar-refractivity contribution in [3.8, 4) is 5.75 Å². The van der Waals surface area contributed by atoms with Gasteiger partial charge in [0.1, 0.15) is 12.4 Å². The van der Waals surface area contributed by atoms with Crippen LogP contribution in [0, 0.1) is 0 Å². The molecule has 0 saturated heterocycles. The Balaban J connectivity index is 1.99. The van der Waals surface area contributed by atoms with Crippen molar-refractivity contribution in [2.24, 2.45) is 0 Å². The zero-order chi connectivity index (χ0) is 15.9. The normalized spacial score (nSPS) is 10.1. The molecule has 0 aliphatic heterocycles. The fourth-order valence-electron chi connectivity index (χ4n) is 1.85. The third-order valence-corrected chi connectivity index (χ3v) is 3.35. The van der Waals surface area contributed by atoms with Gasteiger partial charge in [-0.2, -0.15) is 0 Å². The summed E-state index contributed by atoms with van der Waals surface area (Å²) in [5.74, 6) is 0.481. The van der Waals surface area contributed by atoms with E-state index < -0.39 is 0 Å². The van der Waals surface area contributed by atoms with Crippen molar-refractivity contribution in [1.29, 1.82) is 0 Å². The van der Waals surface area contributed by atoms with Gasteiger partial charge in [0.05, 0.1) is 0 Å². The predicted octanol–water partition coefficient (Wildman–Crippen LogP) is 4.22. The molecule has 3 nitrogen and oxygen atoms in total. The quantitative estimate of drug-likeness (QED) is 0.810. The van der Waals surface area contributed by atoms with Crippen LogP contribution in [0.2, 0.25) is 5.02 Å². The van der Waals surface area contributed by atoms with E-state index in [2.05, 4.69) is 11.9 Å². The van der Waals surface area contributed by atoms with Gasteiger partial charge in [0.2, 0.25) is 0 Å². The minimum absolute atomic E-state index is 0.166. The van der Waals surface area contributed by atoms with Gasteiger partial charge < -0.3 is 10.1 Å². The van der Waals surface area contributed by atoms with E-state index in [0.29, 0.717) is 29.5 Å². The first kappa shape index (κ1) is 16.1. The Morgan fingerprint density at radius 2 is 2.00 bits per heavy atom. The van der Waals surface area contributed by atoms with Crippen LogP contribution in [0.4, 0.5) is 0 Å². The van der Waals surface area contributed by atoms with Crippen molar-refractivity contribution in [3.05, 3.63) is 76.8 Å². The number of hydrogen-bond donors (Lipinski definition) is 1. The Morgan fingerprint density at radius 1 is 1.23 bits per heavy atom. The highest BCUT2D eigenvalue weighted by molar-refractivity contribution is 6.31. The third-order valence-electron chi connectivity index (χ3n) is 2.98. The molecule has 0 aliphatic rings. The number of hydrogen-bond acceptors (Lipinski definition) is 2. The van der Waals surface area contributed by atoms with E-state index in [0.717, 1.165) is 11.1 Å². The molecule has 0 heterocycles. The fraction of sp³-hybridized carbons (Fsp3) is 0.167. The van der Waals surface area contributed by atoms with Crippen LogP contribution in [-0.4, -0.2) is 12.5 Å². The number of benzene rings is 2. The minimum atomic E-state index is -0.166. The van der Waals surface area contributed by atoms with Gasteiger partial charge in [-0.15, -0.1) is 0 Å². The summed E-state index contributed by atoms with van der Waals surface area (Å²) in [5.41, 5.74) is 2.35. The average molecular weight is 316 g/mol. The summed E-state index contributed by atoms with van der Waals surface area (Å²) in [4.78, 5) is 12.2. The molecule has 2 aromatic rings. The van der Waals surface area contributed by atoms with Crippen LogP contribution in [0.3, 0.4) is 0 Å². The van der Waals surface area contributed by atoms with Gasteiger partial charge in [-0.1, -0.05) is 42.4 Å². The van der Waals surface area contributed by atoms with Crippen LogP contribution in [0.5, 0.6) is 5.75 Å². The van der Waals surface area contributed by atoms with Gasteiger partial charge in [-0.25, -0.2) is 0 Å². The van der Waals surface area contributed by atoms with Crippen LogP contribution >= 0.6 is 11.6 Å². The summed E-state index contributed by atoms with van der Waals surface area (Å²) < 4.78 is 5.54. The summed E-state index contributed by atoms with van der Waals surface area (Å²) in [5, 5.41) is 3.49. The van der Waals surface area contributed by atoms with Gasteiger partial charge in [-0.3, -0.25) is 4.79 Å². The zero-order valence-electron chi connectivity index (χ0n) is 12.4. The summed E-state index contributed by atoms with van der Waals surface area (Å²) >= 11 is 6.07. The summed E-state index contributed by atoms with van der Waals surface area (Å²) in [6.07, 6.45) is 0. The Morgan fingerprint density at radius 3 is 2.73 bits per heavy atom. The van der Waals surface area contributed by atoms with Gasteiger partial charge in [0.15, 0.2) is 0 Å². The number of nitrogens with one attached hydrogen (secondary N) is 1. The lowest BCUT2D eigenvalue weighted by atomic mass is 10.2. The van der Waals surface area contributed by atoms with Crippen LogP contribution in [0.25, 0.3) is 0 Å². The van der Waals surface area contributed by atoms with Crippen molar-refractivity contribution in [2.45, 2.75) is 13.5 Å². The van der Waals surface area contributed by atoms with Crippen molar-refractivity contribution in [3.63, 3.8) is 0 Å². The summed E-state index contributed by atoms with van der Waals surface area (Å²) in [7, 11) is 0. The van der Waals surface area contributed by atoms with E-state index in [1.54, 1.807) is 24.3 Å². The van der Waals surface area contributed by atoms with Crippen molar-refractivity contribution in [1.82, 2.24) is 5.32 Å². The standard InChI is InChI=1S/C18H18ClNO2/c1-13(2)12-22-16-8-5-7-14(10-16)18(21)20-11-15-6-3-4-9-17(15)19/h3-10H,1,11-12H2,2H3,(H,20,21). The molecule has 0 aromatic heterocycles. The molecule has 1 amide bonds. The average Bonchev–Trinajstić information content (AvgIpc) is 2.52. The van der Waals surface area contributed by atoms with Crippen LogP contribution in [-0.2, 0) is 6.54 Å². The lowest BCUT2D eigenvalue weighted by Gasteiger charge is -2.09. The molecule has 0 unspecified atom stereocenters. The molecule has 0 spiro atoms. The molecule has 114 valence electrons. The zero-order valence-corrected chi connectivity index (χ0v) is 13.2. The molecule has 4 heteroatoms. The second-order valence-electron chi connectivity index (χ2n) is 5.05. The molecular weight excluding hydrogens is 298 g/mol. The van der Waals surface area contributed by atoms with Gasteiger partial charge >= 0.3 is 0 Å². The van der Waals surface area contributed by atoms with Crippen LogP contribution in [0.1, 0.15) is 22.8 Å². The SMILES string of the molecule is C=C(C)COc1cccc(C(=O)NCc2ccccc2Cl)c1. The van der Waals surface area contributed by atoms with Crippen LogP contribution < -0.4 is 10.1 Å². The van der Waals surface area contributed by atoms with Gasteiger partial charge in [0, 0.05) is 17.1 Å². The van der Waals surface area contributed by atoms with E-state index in [9.17, 15) is 4.79 Å². The highest BCUT2D eigenvalue weighted by atomic mass is 35.5. The van der Waals surface area contributed by atoms with Crippen molar-refractivity contribution >= 4 is 17.5 Å². The maximum absolute atomic E-state index is 12.2. The maximum atomic E-state index is 12.2. The van der Waals surface area contributed by atoms with Crippen molar-refractivity contribution in [2.75, 3.05) is 6.61 Å². The van der Waals surface area contributed by atoms with E-state index in [-0.39, 0.29) is 5.91 Å². The first-order valence-corrected chi connectivity index (χ1v) is 7.33. The maximum Gasteiger partial charge on any atom is 0.251 e. The Bertz CT molecular complexity index is 682. The second-order valence-corrected chi connectivity index (χ2v) is 5.45. The molecular formula is C18H18ClNO2. The highest BCUT2D eigenvalue weighted by Gasteiger charge is 2.07. The third kappa shape index (κ3) is 4.64. The second kappa shape index (κ2) is 7.66. The van der Waals surface area contributed by atoms with E-state index in [1.165, 1.54) is 0 Å². The smallest absolute Gasteiger partial charge is 0.251 e. The first-order chi connectivity index (χ1) is 10.6. The summed E-state index contributed by atoms with van der Waals surface area (Å²) in [6.45, 7) is 6.49. The largest absolute Gasteiger partial charge is 0.489 e. The molecule has 0 saturated carbocycles. The van der Waals surface area contributed by atoms with Gasteiger partial charge in [-0.05, 0) is 42.3 Å². The van der Waals surface area contributed by atoms with E-state index in [4.69, 9.17) is 16.3 Å². The lowest BCUT2D eigenvalue weighted by Crippen LogP contribution is -2.22. The number of carbonyl (C=O) groups is 1. The molecule has 0 fully saturated rings. The molecule has 0 bridgehead atoms. The van der Waals surface area contributed by atoms with E-state index >= 15 is 0 Å². The molecule has 1 N–H and O–H groups in total. The Labute approximate surface area is 135 Å². The molecule has 0 aliphatic carbocycles. The number of amides is 1. The lowest BCUT2D eigenvalue weighted by molar-refractivity contribution is 0.0950. The Kier molecular flexibility index (Phi) is 5.61. The topological polar surface area (TPSA) is 38.3 Å². The highest BCUT2D eigenvalue weighted by Crippen LogP contribution is 2.16. The monoisotopic (exact) mass is 315 g/mol. The van der Waals surface area contributed by atoms with E-state index in [1.807, 2.05) is 31.2 Å². The molecule has 22 heavy (non-hydrogen) atoms. The van der Waals surface area contributed by atoms with Gasteiger partial charge in [0.25, 0.3) is 5.91 Å². The molecule has 2 aromatic carbocycles. The first-order valence-electron chi connectivity index (χ1n) is 6.95. The molecule has 0 radical (unpaired) electrons. The Hall–Kier alpha value is -2.26. The number of ether oxygens (including phenoxy) is 1. The fourth-order valence-corrected chi connectivity index (χ4v) is 2.06. The minimum Gasteiger partial charge on any atom is -0.489 e. The van der Waals surface area contributed by atoms with Crippen molar-refractivity contribution < 1.29 is 9.53 Å². The van der Waals surface area contributed by atoms with Crippen LogP contribution in [0.15, 0.2) is 60.7 Å². The molecule has 0 atom stereocenters. The number of halogens is 1. The number of rotatable bonds is 6. The predicted molar refractivity (Wildman–Crippen MR) is 89.4 cm³/mol. The summed E-state index contributed by atoms with van der Waals surface area (Å²) in [6, 6.07) is 14.5. The number of carbonyl (C=O) groups excluding carboxylic acids is 1.